The zero-order valence-electron chi connectivity index (χ0n) is 14.0. The fourth-order valence-corrected chi connectivity index (χ4v) is 3.76. The van der Waals surface area contributed by atoms with Gasteiger partial charge in [0.1, 0.15) is 12.4 Å². The number of hydrazone groups is 1. The average Bonchev–Trinajstić information content (AvgIpc) is 2.97. The lowest BCUT2D eigenvalue weighted by molar-refractivity contribution is -0.732. The van der Waals surface area contributed by atoms with Crippen molar-refractivity contribution in [3.63, 3.8) is 0 Å². The molecule has 2 aromatic carbocycles. The molecule has 4 rings (SSSR count). The number of benzene rings is 2. The van der Waals surface area contributed by atoms with Crippen LogP contribution in [0.2, 0.25) is 0 Å². The van der Waals surface area contributed by atoms with Crippen molar-refractivity contribution in [2.45, 2.75) is 12.1 Å². The third-order valence-corrected chi connectivity index (χ3v) is 5.36. The summed E-state index contributed by atoms with van der Waals surface area (Å²) in [5.74, 6) is 0.823. The summed E-state index contributed by atoms with van der Waals surface area (Å²) >= 11 is 3.46. The van der Waals surface area contributed by atoms with Gasteiger partial charge in [-0.15, -0.1) is 9.69 Å². The van der Waals surface area contributed by atoms with E-state index in [1.54, 1.807) is 7.11 Å². The molecule has 1 saturated heterocycles. The lowest BCUT2D eigenvalue weighted by atomic mass is 9.95. The molecule has 25 heavy (non-hydrogen) atoms. The Morgan fingerprint density at radius 1 is 1.16 bits per heavy atom. The van der Waals surface area contributed by atoms with Gasteiger partial charge in [-0.3, -0.25) is 0 Å². The van der Waals surface area contributed by atoms with Crippen LogP contribution in [0.15, 0.2) is 53.0 Å². The Morgan fingerprint density at radius 3 is 2.56 bits per heavy atom. The number of fused-ring (bicyclic) bond motifs is 1. The summed E-state index contributed by atoms with van der Waals surface area (Å²) in [5, 5.41) is 13.4. The van der Waals surface area contributed by atoms with Crippen molar-refractivity contribution < 1.29 is 19.3 Å². The van der Waals surface area contributed by atoms with Crippen molar-refractivity contribution >= 4 is 21.6 Å². The smallest absolute Gasteiger partial charge is 0.227 e. The summed E-state index contributed by atoms with van der Waals surface area (Å²) in [6, 6.07) is 15.8. The van der Waals surface area contributed by atoms with E-state index in [1.165, 1.54) is 0 Å². The van der Waals surface area contributed by atoms with E-state index in [2.05, 4.69) is 20.6 Å². The van der Waals surface area contributed by atoms with Crippen LogP contribution in [0.25, 0.3) is 0 Å². The van der Waals surface area contributed by atoms with E-state index < -0.39 is 5.72 Å². The fourth-order valence-electron chi connectivity index (χ4n) is 3.50. The molecule has 2 heterocycles. The first-order valence-electron chi connectivity index (χ1n) is 8.23. The first-order valence-corrected chi connectivity index (χ1v) is 9.02. The summed E-state index contributed by atoms with van der Waals surface area (Å²) in [4.78, 5) is 0. The van der Waals surface area contributed by atoms with Crippen LogP contribution < -0.4 is 4.74 Å². The van der Waals surface area contributed by atoms with Gasteiger partial charge in [0.05, 0.1) is 13.5 Å². The zero-order chi connectivity index (χ0) is 17.4. The molecule has 0 spiro atoms. The number of hydrogen-bond acceptors (Lipinski definition) is 4. The van der Waals surface area contributed by atoms with Crippen LogP contribution in [0, 0.1) is 0 Å². The van der Waals surface area contributed by atoms with Gasteiger partial charge < -0.3 is 14.6 Å². The highest BCUT2D eigenvalue weighted by Gasteiger charge is 2.53. The molecule has 0 bridgehead atoms. The molecule has 5 nitrogen and oxygen atoms in total. The minimum Gasteiger partial charge on any atom is -0.497 e. The standard InChI is InChI=1S/C19H20BrN2O3/c1-24-17-8-2-14(3-9-17)18-12-19(23,15-4-6-16(20)7-5-15)22-13-25-11-10-21(18)22/h2-9,23H,10-13H2,1H3/q+1. The second-order valence-electron chi connectivity index (χ2n) is 6.24. The summed E-state index contributed by atoms with van der Waals surface area (Å²) in [7, 11) is 1.66. The van der Waals surface area contributed by atoms with Gasteiger partial charge in [-0.1, -0.05) is 28.1 Å². The highest BCUT2D eigenvalue weighted by Crippen LogP contribution is 2.37. The van der Waals surface area contributed by atoms with Gasteiger partial charge in [0.2, 0.25) is 11.4 Å². The van der Waals surface area contributed by atoms with Crippen LogP contribution in [0.4, 0.5) is 0 Å². The Labute approximate surface area is 155 Å². The van der Waals surface area contributed by atoms with Crippen LogP contribution in [0.1, 0.15) is 17.5 Å². The zero-order valence-corrected chi connectivity index (χ0v) is 15.6. The van der Waals surface area contributed by atoms with E-state index in [-0.39, 0.29) is 0 Å². The van der Waals surface area contributed by atoms with E-state index in [9.17, 15) is 5.11 Å². The van der Waals surface area contributed by atoms with Crippen molar-refractivity contribution in [3.05, 3.63) is 64.1 Å². The van der Waals surface area contributed by atoms with Gasteiger partial charge in [0.15, 0.2) is 13.3 Å². The normalized spacial score (nSPS) is 22.9. The third kappa shape index (κ3) is 2.84. The molecule has 130 valence electrons. The topological polar surface area (TPSA) is 44.9 Å². The number of aliphatic hydroxyl groups is 1. The van der Waals surface area contributed by atoms with E-state index in [0.29, 0.717) is 19.8 Å². The molecule has 0 aromatic heterocycles. The van der Waals surface area contributed by atoms with Gasteiger partial charge >= 0.3 is 0 Å². The number of halogens is 1. The highest BCUT2D eigenvalue weighted by atomic mass is 79.9. The predicted octanol–water partition coefficient (Wildman–Crippen LogP) is 2.71. The van der Waals surface area contributed by atoms with Crippen molar-refractivity contribution in [1.82, 2.24) is 5.01 Å². The first kappa shape index (κ1) is 16.6. The van der Waals surface area contributed by atoms with Crippen LogP contribution in [-0.2, 0) is 10.5 Å². The monoisotopic (exact) mass is 403 g/mol. The molecular formula is C19H20BrN2O3+. The van der Waals surface area contributed by atoms with Gasteiger partial charge in [-0.05, 0) is 36.4 Å². The molecule has 1 fully saturated rings. The minimum atomic E-state index is -1.11. The van der Waals surface area contributed by atoms with E-state index >= 15 is 0 Å². The molecule has 6 heteroatoms. The average molecular weight is 404 g/mol. The fraction of sp³-hybridized carbons (Fsp3) is 0.316. The Morgan fingerprint density at radius 2 is 1.88 bits per heavy atom. The summed E-state index contributed by atoms with van der Waals surface area (Å²) in [6.45, 7) is 1.74. The van der Waals surface area contributed by atoms with E-state index in [1.807, 2.05) is 53.5 Å². The number of ether oxygens (including phenoxy) is 2. The van der Waals surface area contributed by atoms with Gasteiger partial charge in [0, 0.05) is 15.6 Å². The second-order valence-corrected chi connectivity index (χ2v) is 7.15. The number of hydrogen-bond donors (Lipinski definition) is 1. The SMILES string of the molecule is COc1ccc(C2=[N+]3CCOCN3C(O)(c3ccc(Br)cc3)C2)cc1. The highest BCUT2D eigenvalue weighted by molar-refractivity contribution is 9.10. The molecule has 0 radical (unpaired) electrons. The molecule has 2 aliphatic heterocycles. The number of rotatable bonds is 3. The maximum atomic E-state index is 11.5. The lowest BCUT2D eigenvalue weighted by Gasteiger charge is -2.33. The van der Waals surface area contributed by atoms with Crippen LogP contribution in [0.5, 0.6) is 5.75 Å². The largest absolute Gasteiger partial charge is 0.497 e. The number of nitrogens with zero attached hydrogens (tertiary/aromatic N) is 2. The van der Waals surface area contributed by atoms with Gasteiger partial charge in [-0.2, -0.15) is 0 Å². The van der Waals surface area contributed by atoms with Crippen LogP contribution >= 0.6 is 15.9 Å². The minimum absolute atomic E-state index is 0.367. The van der Waals surface area contributed by atoms with Crippen molar-refractivity contribution in [2.75, 3.05) is 27.0 Å². The van der Waals surface area contributed by atoms with Gasteiger partial charge in [0.25, 0.3) is 0 Å². The predicted molar refractivity (Wildman–Crippen MR) is 97.5 cm³/mol. The van der Waals surface area contributed by atoms with E-state index in [4.69, 9.17) is 9.47 Å². The van der Waals surface area contributed by atoms with Crippen LogP contribution in [-0.4, -0.2) is 47.5 Å². The summed E-state index contributed by atoms with van der Waals surface area (Å²) in [5.41, 5.74) is 1.92. The first-order chi connectivity index (χ1) is 12.1. The maximum absolute atomic E-state index is 11.5. The van der Waals surface area contributed by atoms with Crippen molar-refractivity contribution in [2.24, 2.45) is 0 Å². The Bertz CT molecular complexity index is 804. The summed E-state index contributed by atoms with van der Waals surface area (Å²) in [6.07, 6.45) is 0.504. The molecule has 1 unspecified atom stereocenters. The molecule has 1 N–H and O–H groups in total. The molecule has 0 amide bonds. The molecule has 0 saturated carbocycles. The van der Waals surface area contributed by atoms with Gasteiger partial charge in [-0.25, -0.2) is 0 Å². The quantitative estimate of drug-likeness (QED) is 0.800. The second kappa shape index (κ2) is 6.44. The molecule has 2 aromatic rings. The molecule has 2 aliphatic rings. The van der Waals surface area contributed by atoms with E-state index in [0.717, 1.165) is 33.6 Å². The molecular weight excluding hydrogens is 384 g/mol. The Kier molecular flexibility index (Phi) is 4.27. The maximum Gasteiger partial charge on any atom is 0.227 e. The summed E-state index contributed by atoms with van der Waals surface area (Å²) < 4.78 is 14.0. The number of hydrazine groups is 1. The number of methoxy groups -OCH3 is 1. The molecule has 0 aliphatic carbocycles. The Hall–Kier alpha value is -1.89. The Balaban J connectivity index is 1.75. The van der Waals surface area contributed by atoms with Crippen molar-refractivity contribution in [1.29, 1.82) is 0 Å². The lowest BCUT2D eigenvalue weighted by Crippen LogP contribution is -2.51. The van der Waals surface area contributed by atoms with Crippen LogP contribution in [0.3, 0.4) is 0 Å². The molecule has 1 atom stereocenters. The van der Waals surface area contributed by atoms with Crippen molar-refractivity contribution in [3.8, 4) is 5.75 Å². The third-order valence-electron chi connectivity index (χ3n) is 4.83.